The van der Waals surface area contributed by atoms with Gasteiger partial charge in [-0.25, -0.2) is 0 Å². The third-order valence-corrected chi connectivity index (χ3v) is 4.60. The number of rotatable bonds is 3. The molecule has 1 aliphatic heterocycles. The van der Waals surface area contributed by atoms with E-state index in [1.807, 2.05) is 0 Å². The third kappa shape index (κ3) is 3.81. The van der Waals surface area contributed by atoms with Gasteiger partial charge in [0.25, 0.3) is 5.91 Å². The summed E-state index contributed by atoms with van der Waals surface area (Å²) in [5, 5.41) is 0. The van der Waals surface area contributed by atoms with Crippen molar-refractivity contribution in [2.45, 2.75) is 19.1 Å². The van der Waals surface area contributed by atoms with Gasteiger partial charge in [0.15, 0.2) is 0 Å². The number of hydrogen-bond acceptors (Lipinski definition) is 3. The molecule has 0 N–H and O–H groups in total. The van der Waals surface area contributed by atoms with Crippen LogP contribution in [-0.4, -0.2) is 43.0 Å². The van der Waals surface area contributed by atoms with Crippen molar-refractivity contribution in [3.63, 3.8) is 0 Å². The first kappa shape index (κ1) is 19.7. The number of halogens is 3. The number of carbonyl (C=O) groups is 2. The average molecular weight is 392 g/mol. The Kier molecular flexibility index (Phi) is 5.31. The van der Waals surface area contributed by atoms with Crippen LogP contribution in [-0.2, 0) is 11.0 Å². The maximum Gasteiger partial charge on any atom is 0.417 e. The fourth-order valence-corrected chi connectivity index (χ4v) is 3.35. The third-order valence-electron chi connectivity index (χ3n) is 4.60. The highest BCUT2D eigenvalue weighted by molar-refractivity contribution is 6.02. The second-order valence-electron chi connectivity index (χ2n) is 6.54. The van der Waals surface area contributed by atoms with Crippen LogP contribution < -0.4 is 9.64 Å². The zero-order valence-corrected chi connectivity index (χ0v) is 15.4. The van der Waals surface area contributed by atoms with Crippen LogP contribution in [0.5, 0.6) is 5.75 Å². The molecule has 0 aliphatic carbocycles. The van der Waals surface area contributed by atoms with E-state index in [1.54, 1.807) is 31.2 Å². The van der Waals surface area contributed by atoms with E-state index in [9.17, 15) is 22.8 Å². The molecule has 0 spiro atoms. The Morgan fingerprint density at radius 1 is 1.14 bits per heavy atom. The molecule has 0 bridgehead atoms. The predicted octanol–water partition coefficient (Wildman–Crippen LogP) is 3.59. The normalized spacial score (nSPS) is 17.6. The predicted molar refractivity (Wildman–Crippen MR) is 97.3 cm³/mol. The average Bonchev–Trinajstić information content (AvgIpc) is 2.66. The lowest BCUT2D eigenvalue weighted by Crippen LogP contribution is -2.57. The van der Waals surface area contributed by atoms with Gasteiger partial charge in [0.2, 0.25) is 5.91 Å². The number of benzene rings is 2. The van der Waals surface area contributed by atoms with Crippen molar-refractivity contribution in [2.24, 2.45) is 0 Å². The summed E-state index contributed by atoms with van der Waals surface area (Å²) in [5.41, 5.74) is -0.847. The first-order valence-corrected chi connectivity index (χ1v) is 8.64. The van der Waals surface area contributed by atoms with Gasteiger partial charge in [-0.15, -0.1) is 0 Å². The van der Waals surface area contributed by atoms with Gasteiger partial charge in [0, 0.05) is 18.3 Å². The molecule has 2 aromatic rings. The smallest absolute Gasteiger partial charge is 0.417 e. The molecule has 0 aromatic heterocycles. The maximum atomic E-state index is 13.2. The molecule has 8 heteroatoms. The summed E-state index contributed by atoms with van der Waals surface area (Å²) >= 11 is 0. The summed E-state index contributed by atoms with van der Waals surface area (Å²) in [7, 11) is 1.51. The van der Waals surface area contributed by atoms with Crippen molar-refractivity contribution < 1.29 is 27.5 Å². The summed E-state index contributed by atoms with van der Waals surface area (Å²) < 4.78 is 44.8. The number of hydrogen-bond donors (Lipinski definition) is 0. The molecule has 0 unspecified atom stereocenters. The molecular weight excluding hydrogens is 373 g/mol. The number of nitrogens with zero attached hydrogens (tertiary/aromatic N) is 2. The lowest BCUT2D eigenvalue weighted by molar-refractivity contribution is -0.138. The van der Waals surface area contributed by atoms with Crippen molar-refractivity contribution in [1.82, 2.24) is 4.90 Å². The van der Waals surface area contributed by atoms with Gasteiger partial charge in [0.1, 0.15) is 12.3 Å². The topological polar surface area (TPSA) is 49.9 Å². The van der Waals surface area contributed by atoms with E-state index in [-0.39, 0.29) is 19.0 Å². The zero-order chi connectivity index (χ0) is 20.5. The Labute approximate surface area is 160 Å². The Balaban J connectivity index is 1.85. The van der Waals surface area contributed by atoms with Crippen molar-refractivity contribution >= 4 is 17.5 Å². The van der Waals surface area contributed by atoms with Crippen LogP contribution in [0.4, 0.5) is 18.9 Å². The number of amides is 2. The van der Waals surface area contributed by atoms with Gasteiger partial charge >= 0.3 is 6.18 Å². The maximum absolute atomic E-state index is 13.2. The number of carbonyl (C=O) groups excluding carboxylic acids is 2. The minimum atomic E-state index is -4.65. The molecule has 0 radical (unpaired) electrons. The number of piperazine rings is 1. The van der Waals surface area contributed by atoms with Crippen LogP contribution in [0.15, 0.2) is 48.5 Å². The van der Waals surface area contributed by atoms with E-state index in [0.29, 0.717) is 11.4 Å². The second kappa shape index (κ2) is 7.53. The quantitative estimate of drug-likeness (QED) is 0.802. The lowest BCUT2D eigenvalue weighted by Gasteiger charge is -2.39. The van der Waals surface area contributed by atoms with E-state index in [2.05, 4.69) is 0 Å². The van der Waals surface area contributed by atoms with Gasteiger partial charge in [-0.2, -0.15) is 13.2 Å². The van der Waals surface area contributed by atoms with Gasteiger partial charge in [-0.1, -0.05) is 18.2 Å². The summed E-state index contributed by atoms with van der Waals surface area (Å²) in [5.74, 6) is -0.599. The van der Waals surface area contributed by atoms with Crippen LogP contribution in [0, 0.1) is 0 Å². The standard InChI is InChI=1S/C20H19F3N2O3/c1-13-11-24(19(27)16-8-3-4-9-17(16)20(21,22)23)12-18(26)25(13)14-6-5-7-15(10-14)28-2/h3-10,13H,11-12H2,1-2H3/t13-/m1/s1. The Morgan fingerprint density at radius 2 is 1.86 bits per heavy atom. The van der Waals surface area contributed by atoms with Crippen LogP contribution >= 0.6 is 0 Å². The lowest BCUT2D eigenvalue weighted by atomic mass is 10.0. The molecular formula is C20H19F3N2O3. The molecule has 28 heavy (non-hydrogen) atoms. The van der Waals surface area contributed by atoms with Crippen LogP contribution in [0.25, 0.3) is 0 Å². The van der Waals surface area contributed by atoms with Gasteiger partial charge in [-0.3, -0.25) is 9.59 Å². The van der Waals surface area contributed by atoms with E-state index >= 15 is 0 Å². The molecule has 2 aromatic carbocycles. The van der Waals surface area contributed by atoms with Crippen molar-refractivity contribution in [3.8, 4) is 5.75 Å². The highest BCUT2D eigenvalue weighted by Gasteiger charge is 2.38. The van der Waals surface area contributed by atoms with Crippen molar-refractivity contribution in [2.75, 3.05) is 25.1 Å². The minimum Gasteiger partial charge on any atom is -0.497 e. The summed E-state index contributed by atoms with van der Waals surface area (Å²) in [4.78, 5) is 28.1. The summed E-state index contributed by atoms with van der Waals surface area (Å²) in [6, 6.07) is 11.1. The summed E-state index contributed by atoms with van der Waals surface area (Å²) in [6.45, 7) is 1.56. The van der Waals surface area contributed by atoms with E-state index < -0.39 is 29.3 Å². The molecule has 5 nitrogen and oxygen atoms in total. The largest absolute Gasteiger partial charge is 0.497 e. The molecule has 1 atom stereocenters. The van der Waals surface area contributed by atoms with Crippen LogP contribution in [0.1, 0.15) is 22.8 Å². The zero-order valence-electron chi connectivity index (χ0n) is 15.4. The van der Waals surface area contributed by atoms with Gasteiger partial charge < -0.3 is 14.5 Å². The van der Waals surface area contributed by atoms with Crippen LogP contribution in [0.3, 0.4) is 0 Å². The molecule has 1 heterocycles. The molecule has 2 amide bonds. The molecule has 1 saturated heterocycles. The number of anilines is 1. The van der Waals surface area contributed by atoms with Crippen molar-refractivity contribution in [3.05, 3.63) is 59.7 Å². The fourth-order valence-electron chi connectivity index (χ4n) is 3.35. The first-order valence-electron chi connectivity index (χ1n) is 8.64. The second-order valence-corrected chi connectivity index (χ2v) is 6.54. The molecule has 1 aliphatic rings. The number of ether oxygens (including phenoxy) is 1. The van der Waals surface area contributed by atoms with Gasteiger partial charge in [0.05, 0.1) is 24.3 Å². The van der Waals surface area contributed by atoms with Crippen LogP contribution in [0.2, 0.25) is 0 Å². The Morgan fingerprint density at radius 3 is 2.50 bits per heavy atom. The number of methoxy groups -OCH3 is 1. The highest BCUT2D eigenvalue weighted by atomic mass is 19.4. The van der Waals surface area contributed by atoms with Gasteiger partial charge in [-0.05, 0) is 31.2 Å². The Bertz CT molecular complexity index is 898. The minimum absolute atomic E-state index is 0.119. The highest BCUT2D eigenvalue weighted by Crippen LogP contribution is 2.33. The summed E-state index contributed by atoms with van der Waals surface area (Å²) in [6.07, 6.45) is -4.65. The fraction of sp³-hybridized carbons (Fsp3) is 0.300. The SMILES string of the molecule is COc1cccc(N2C(=O)CN(C(=O)c3ccccc3C(F)(F)F)C[C@H]2C)c1. The molecule has 0 saturated carbocycles. The molecule has 3 rings (SSSR count). The first-order chi connectivity index (χ1) is 13.2. The molecule has 1 fully saturated rings. The van der Waals surface area contributed by atoms with E-state index in [4.69, 9.17) is 4.74 Å². The monoisotopic (exact) mass is 392 g/mol. The Hall–Kier alpha value is -3.03. The van der Waals surface area contributed by atoms with Crippen molar-refractivity contribution in [1.29, 1.82) is 0 Å². The van der Waals surface area contributed by atoms with E-state index in [0.717, 1.165) is 17.0 Å². The van der Waals surface area contributed by atoms with E-state index in [1.165, 1.54) is 24.1 Å². The molecule has 148 valence electrons. The number of alkyl halides is 3.